The second-order valence-corrected chi connectivity index (χ2v) is 4.66. The molecule has 0 aliphatic rings. The van der Waals surface area contributed by atoms with Gasteiger partial charge < -0.3 is 11.1 Å². The van der Waals surface area contributed by atoms with E-state index in [4.69, 9.17) is 5.73 Å². The maximum atomic E-state index is 13.5. The van der Waals surface area contributed by atoms with Crippen LogP contribution in [0.3, 0.4) is 0 Å². The molecule has 0 fully saturated rings. The summed E-state index contributed by atoms with van der Waals surface area (Å²) < 4.78 is 28.2. The van der Waals surface area contributed by atoms with Crippen LogP contribution in [-0.2, 0) is 7.05 Å². The zero-order valence-corrected chi connectivity index (χ0v) is 11.3. The summed E-state index contributed by atoms with van der Waals surface area (Å²) in [6, 6.07) is 1.79. The van der Waals surface area contributed by atoms with E-state index in [1.165, 1.54) is 10.9 Å². The van der Waals surface area contributed by atoms with Gasteiger partial charge in [-0.05, 0) is 22.0 Å². The highest BCUT2D eigenvalue weighted by atomic mass is 79.9. The Hall–Kier alpha value is -1.96. The van der Waals surface area contributed by atoms with Gasteiger partial charge in [0.1, 0.15) is 11.6 Å². The van der Waals surface area contributed by atoms with Crippen LogP contribution in [0, 0.1) is 11.6 Å². The molecule has 0 saturated carbocycles. The highest BCUT2D eigenvalue weighted by Gasteiger charge is 2.17. The Morgan fingerprint density at radius 1 is 1.42 bits per heavy atom. The Labute approximate surface area is 115 Å². The van der Waals surface area contributed by atoms with Crippen LogP contribution in [0.2, 0.25) is 0 Å². The van der Waals surface area contributed by atoms with Crippen molar-refractivity contribution in [1.82, 2.24) is 9.78 Å². The van der Waals surface area contributed by atoms with Crippen LogP contribution in [0.25, 0.3) is 0 Å². The van der Waals surface area contributed by atoms with E-state index in [0.717, 1.165) is 12.1 Å². The first-order chi connectivity index (χ1) is 8.88. The fourth-order valence-corrected chi connectivity index (χ4v) is 1.80. The van der Waals surface area contributed by atoms with Crippen LogP contribution in [-0.4, -0.2) is 15.7 Å². The molecule has 0 aliphatic heterocycles. The van der Waals surface area contributed by atoms with Crippen molar-refractivity contribution in [1.29, 1.82) is 0 Å². The predicted octanol–water partition coefficient (Wildman–Crippen LogP) is 2.30. The maximum absolute atomic E-state index is 13.5. The smallest absolute Gasteiger partial charge is 0.278 e. The molecule has 0 bridgehead atoms. The number of hydrogen-bond acceptors (Lipinski definition) is 3. The van der Waals surface area contributed by atoms with Crippen molar-refractivity contribution in [2.24, 2.45) is 7.05 Å². The van der Waals surface area contributed by atoms with E-state index in [1.807, 2.05) is 0 Å². The number of hydrogen-bond donors (Lipinski definition) is 2. The lowest BCUT2D eigenvalue weighted by atomic mass is 10.2. The third-order valence-corrected chi connectivity index (χ3v) is 2.94. The molecule has 0 aliphatic carbocycles. The van der Waals surface area contributed by atoms with Gasteiger partial charge in [0.25, 0.3) is 5.91 Å². The lowest BCUT2D eigenvalue weighted by Gasteiger charge is -2.06. The molecule has 8 heteroatoms. The van der Waals surface area contributed by atoms with Crippen molar-refractivity contribution < 1.29 is 13.6 Å². The second kappa shape index (κ2) is 4.96. The molecule has 0 unspecified atom stereocenters. The number of nitrogens with two attached hydrogens (primary N) is 1. The van der Waals surface area contributed by atoms with Crippen molar-refractivity contribution in [3.8, 4) is 0 Å². The minimum atomic E-state index is -0.767. The van der Waals surface area contributed by atoms with Crippen LogP contribution in [0.1, 0.15) is 10.5 Å². The molecule has 3 N–H and O–H groups in total. The number of nitrogens with one attached hydrogen (secondary N) is 1. The lowest BCUT2D eigenvalue weighted by molar-refractivity contribution is 0.102. The van der Waals surface area contributed by atoms with Gasteiger partial charge in [-0.2, -0.15) is 5.10 Å². The topological polar surface area (TPSA) is 72.9 Å². The van der Waals surface area contributed by atoms with E-state index in [-0.39, 0.29) is 21.5 Å². The quantitative estimate of drug-likeness (QED) is 0.830. The summed E-state index contributed by atoms with van der Waals surface area (Å²) >= 11 is 2.84. The average molecular weight is 331 g/mol. The molecular formula is C11H9BrF2N4O. The first-order valence-corrected chi connectivity index (χ1v) is 5.93. The molecule has 0 radical (unpaired) electrons. The van der Waals surface area contributed by atoms with Gasteiger partial charge in [0, 0.05) is 19.3 Å². The van der Waals surface area contributed by atoms with Crippen molar-refractivity contribution in [2.75, 3.05) is 11.1 Å². The van der Waals surface area contributed by atoms with Crippen molar-refractivity contribution >= 4 is 33.2 Å². The molecule has 0 atom stereocenters. The molecule has 2 rings (SSSR count). The molecule has 0 spiro atoms. The normalized spacial score (nSPS) is 10.5. The van der Waals surface area contributed by atoms with E-state index in [2.05, 4.69) is 26.3 Å². The molecular weight excluding hydrogens is 322 g/mol. The minimum absolute atomic E-state index is 0.0275. The number of rotatable bonds is 2. The number of aryl methyl sites for hydroxylation is 1. The molecule has 1 aromatic heterocycles. The first-order valence-electron chi connectivity index (χ1n) is 5.13. The Morgan fingerprint density at radius 2 is 2.11 bits per heavy atom. The standard InChI is InChI=1S/C11H9BrF2N4O/c1-18-4-8(15)10(17-18)11(19)16-9-3-6(13)5(12)2-7(9)14/h2-4H,15H2,1H3,(H,16,19). The average Bonchev–Trinajstić information content (AvgIpc) is 2.65. The number of nitrogen functional groups attached to an aromatic ring is 1. The summed E-state index contributed by atoms with van der Waals surface area (Å²) in [5, 5.41) is 6.05. The van der Waals surface area contributed by atoms with E-state index in [9.17, 15) is 13.6 Å². The molecule has 0 saturated heterocycles. The molecule has 2 aromatic rings. The van der Waals surface area contributed by atoms with E-state index < -0.39 is 17.5 Å². The van der Waals surface area contributed by atoms with Gasteiger partial charge in [0.05, 0.1) is 15.8 Å². The molecule has 100 valence electrons. The van der Waals surface area contributed by atoms with Gasteiger partial charge in [-0.25, -0.2) is 8.78 Å². The summed E-state index contributed by atoms with van der Waals surface area (Å²) in [5.41, 5.74) is 5.39. The maximum Gasteiger partial charge on any atom is 0.278 e. The summed E-state index contributed by atoms with van der Waals surface area (Å²) in [6.45, 7) is 0. The number of aromatic nitrogens is 2. The van der Waals surface area contributed by atoms with Crippen molar-refractivity contribution in [3.63, 3.8) is 0 Å². The number of carbonyl (C=O) groups is 1. The number of anilines is 2. The predicted molar refractivity (Wildman–Crippen MR) is 69.6 cm³/mol. The first kappa shape index (κ1) is 13.5. The van der Waals surface area contributed by atoms with Crippen LogP contribution >= 0.6 is 15.9 Å². The van der Waals surface area contributed by atoms with Crippen LogP contribution < -0.4 is 11.1 Å². The summed E-state index contributed by atoms with van der Waals surface area (Å²) in [6.07, 6.45) is 1.44. The van der Waals surface area contributed by atoms with Crippen LogP contribution in [0.5, 0.6) is 0 Å². The zero-order valence-electron chi connectivity index (χ0n) is 9.75. The molecule has 19 heavy (non-hydrogen) atoms. The monoisotopic (exact) mass is 330 g/mol. The third kappa shape index (κ3) is 2.73. The van der Waals surface area contributed by atoms with E-state index in [1.54, 1.807) is 7.05 Å². The fourth-order valence-electron chi connectivity index (χ4n) is 1.48. The number of amides is 1. The molecule has 1 aromatic carbocycles. The zero-order chi connectivity index (χ0) is 14.2. The van der Waals surface area contributed by atoms with Crippen molar-refractivity contribution in [3.05, 3.63) is 40.1 Å². The van der Waals surface area contributed by atoms with Crippen LogP contribution in [0.15, 0.2) is 22.8 Å². The minimum Gasteiger partial charge on any atom is -0.396 e. The van der Waals surface area contributed by atoms with Gasteiger partial charge in [-0.15, -0.1) is 0 Å². The molecule has 1 amide bonds. The fraction of sp³-hybridized carbons (Fsp3) is 0.0909. The highest BCUT2D eigenvalue weighted by Crippen LogP contribution is 2.24. The molecule has 1 heterocycles. The lowest BCUT2D eigenvalue weighted by Crippen LogP contribution is -2.15. The van der Waals surface area contributed by atoms with Gasteiger partial charge in [0.15, 0.2) is 5.69 Å². The Bertz CT molecular complexity index is 656. The Kier molecular flexibility index (Phi) is 3.52. The SMILES string of the molecule is Cn1cc(N)c(C(=O)Nc2cc(F)c(Br)cc2F)n1. The van der Waals surface area contributed by atoms with Gasteiger partial charge >= 0.3 is 0 Å². The summed E-state index contributed by atoms with van der Waals surface area (Å²) in [4.78, 5) is 11.8. The highest BCUT2D eigenvalue weighted by molar-refractivity contribution is 9.10. The number of halogens is 3. The third-order valence-electron chi connectivity index (χ3n) is 2.33. The number of benzene rings is 1. The Balaban J connectivity index is 2.29. The largest absolute Gasteiger partial charge is 0.396 e. The van der Waals surface area contributed by atoms with E-state index >= 15 is 0 Å². The second-order valence-electron chi connectivity index (χ2n) is 3.81. The molecule has 5 nitrogen and oxygen atoms in total. The van der Waals surface area contributed by atoms with Gasteiger partial charge in [-0.3, -0.25) is 9.48 Å². The summed E-state index contributed by atoms with van der Waals surface area (Å²) in [7, 11) is 1.59. The van der Waals surface area contributed by atoms with Crippen molar-refractivity contribution in [2.45, 2.75) is 0 Å². The number of nitrogens with zero attached hydrogens (tertiary/aromatic N) is 2. The van der Waals surface area contributed by atoms with Gasteiger partial charge in [0.2, 0.25) is 0 Å². The Morgan fingerprint density at radius 3 is 2.68 bits per heavy atom. The van der Waals surface area contributed by atoms with Crippen LogP contribution in [0.4, 0.5) is 20.2 Å². The number of carbonyl (C=O) groups excluding carboxylic acids is 1. The van der Waals surface area contributed by atoms with Gasteiger partial charge in [-0.1, -0.05) is 0 Å². The summed E-state index contributed by atoms with van der Waals surface area (Å²) in [5.74, 6) is -2.17. The van der Waals surface area contributed by atoms with E-state index in [0.29, 0.717) is 0 Å².